The summed E-state index contributed by atoms with van der Waals surface area (Å²) in [4.78, 5) is 24.1. The van der Waals surface area contributed by atoms with Gasteiger partial charge in [0.15, 0.2) is 0 Å². The minimum Gasteiger partial charge on any atom is -0.466 e. The number of hydrogen-bond acceptors (Lipinski definition) is 5. The van der Waals surface area contributed by atoms with E-state index in [1.807, 2.05) is 13.8 Å². The summed E-state index contributed by atoms with van der Waals surface area (Å²) in [5, 5.41) is 3.07. The summed E-state index contributed by atoms with van der Waals surface area (Å²) in [5.74, 6) is -0.779. The van der Waals surface area contributed by atoms with Crippen LogP contribution >= 0.6 is 0 Å². The predicted octanol–water partition coefficient (Wildman–Crippen LogP) is 2.15. The maximum Gasteiger partial charge on any atom is 0.336 e. The van der Waals surface area contributed by atoms with E-state index in [1.54, 1.807) is 0 Å². The van der Waals surface area contributed by atoms with Gasteiger partial charge < -0.3 is 14.8 Å². The lowest BCUT2D eigenvalue weighted by molar-refractivity contribution is -0.137. The van der Waals surface area contributed by atoms with E-state index in [4.69, 9.17) is 9.47 Å². The molecular formula is C15H23NO4. The van der Waals surface area contributed by atoms with Crippen LogP contribution in [-0.4, -0.2) is 26.2 Å². The van der Waals surface area contributed by atoms with Crippen LogP contribution < -0.4 is 5.32 Å². The van der Waals surface area contributed by atoms with Crippen molar-refractivity contribution in [2.75, 3.05) is 14.2 Å². The molecule has 0 unspecified atom stereocenters. The van der Waals surface area contributed by atoms with Crippen LogP contribution in [-0.2, 0) is 19.1 Å². The van der Waals surface area contributed by atoms with Crippen LogP contribution in [0.25, 0.3) is 0 Å². The van der Waals surface area contributed by atoms with E-state index in [2.05, 4.69) is 19.2 Å². The first kappa shape index (κ1) is 16.3. The molecule has 0 fully saturated rings. The molecule has 1 rings (SSSR count). The van der Waals surface area contributed by atoms with Crippen molar-refractivity contribution in [2.45, 2.75) is 34.1 Å². The maximum absolute atomic E-state index is 12.0. The van der Waals surface area contributed by atoms with E-state index in [0.29, 0.717) is 23.5 Å². The molecule has 0 aromatic heterocycles. The first-order chi connectivity index (χ1) is 9.33. The van der Waals surface area contributed by atoms with Crippen LogP contribution in [0.3, 0.4) is 0 Å². The number of rotatable bonds is 4. The highest BCUT2D eigenvalue weighted by Crippen LogP contribution is 2.35. The van der Waals surface area contributed by atoms with Gasteiger partial charge >= 0.3 is 11.9 Å². The second-order valence-corrected chi connectivity index (χ2v) is 5.37. The molecule has 112 valence electrons. The fourth-order valence-corrected chi connectivity index (χ4v) is 2.60. The van der Waals surface area contributed by atoms with E-state index in [1.165, 1.54) is 14.2 Å². The van der Waals surface area contributed by atoms with Gasteiger partial charge in [0, 0.05) is 17.3 Å². The third-order valence-corrected chi connectivity index (χ3v) is 3.40. The third kappa shape index (κ3) is 3.21. The fourth-order valence-electron chi connectivity index (χ4n) is 2.60. The highest BCUT2D eigenvalue weighted by atomic mass is 16.5. The molecule has 0 aromatic carbocycles. The molecule has 1 heterocycles. The zero-order valence-corrected chi connectivity index (χ0v) is 13.0. The largest absolute Gasteiger partial charge is 0.466 e. The molecule has 0 bridgehead atoms. The monoisotopic (exact) mass is 281 g/mol. The Morgan fingerprint density at radius 3 is 1.75 bits per heavy atom. The van der Waals surface area contributed by atoms with Crippen LogP contribution in [0.15, 0.2) is 22.5 Å². The summed E-state index contributed by atoms with van der Waals surface area (Å²) in [6.07, 6.45) is 0.686. The van der Waals surface area contributed by atoms with Gasteiger partial charge in [-0.1, -0.05) is 13.8 Å². The van der Waals surface area contributed by atoms with Gasteiger partial charge in [-0.15, -0.1) is 0 Å². The molecule has 20 heavy (non-hydrogen) atoms. The lowest BCUT2D eigenvalue weighted by Crippen LogP contribution is -2.33. The molecule has 0 saturated heterocycles. The average Bonchev–Trinajstić information content (AvgIpc) is 2.36. The molecule has 0 amide bonds. The van der Waals surface area contributed by atoms with Gasteiger partial charge in [-0.05, 0) is 26.2 Å². The zero-order chi connectivity index (χ0) is 15.4. The van der Waals surface area contributed by atoms with E-state index < -0.39 is 11.9 Å². The Kier molecular flexibility index (Phi) is 5.36. The Morgan fingerprint density at radius 1 is 1.05 bits per heavy atom. The van der Waals surface area contributed by atoms with E-state index >= 15 is 0 Å². The molecule has 0 aromatic rings. The fraction of sp³-hybridized carbons (Fsp3) is 0.600. The molecule has 5 nitrogen and oxygen atoms in total. The first-order valence-corrected chi connectivity index (χ1v) is 6.68. The quantitative estimate of drug-likeness (QED) is 0.800. The van der Waals surface area contributed by atoms with Gasteiger partial charge in [-0.2, -0.15) is 0 Å². The Hall–Kier alpha value is -1.78. The standard InChI is InChI=1S/C15H23NO4/c1-8(2)7-11-12(14(17)19-5)9(3)16-10(4)13(11)15(18)20-6/h8,11,16H,7H2,1-6H3. The number of esters is 2. The summed E-state index contributed by atoms with van der Waals surface area (Å²) in [6, 6.07) is 0. The molecule has 1 N–H and O–H groups in total. The van der Waals surface area contributed by atoms with Crippen molar-refractivity contribution in [1.29, 1.82) is 0 Å². The van der Waals surface area contributed by atoms with Crippen molar-refractivity contribution < 1.29 is 19.1 Å². The second-order valence-electron chi connectivity index (χ2n) is 5.37. The molecule has 5 heteroatoms. The normalized spacial score (nSPS) is 16.4. The van der Waals surface area contributed by atoms with Gasteiger partial charge in [-0.25, -0.2) is 9.59 Å². The van der Waals surface area contributed by atoms with Crippen LogP contribution in [0.1, 0.15) is 34.1 Å². The summed E-state index contributed by atoms with van der Waals surface area (Å²) >= 11 is 0. The molecule has 1 aliphatic rings. The highest BCUT2D eigenvalue weighted by Gasteiger charge is 2.36. The number of ether oxygens (including phenoxy) is 2. The van der Waals surface area contributed by atoms with Crippen molar-refractivity contribution in [3.05, 3.63) is 22.5 Å². The van der Waals surface area contributed by atoms with Gasteiger partial charge in [0.2, 0.25) is 0 Å². The molecule has 0 spiro atoms. The topological polar surface area (TPSA) is 64.6 Å². The van der Waals surface area contributed by atoms with Crippen LogP contribution in [0.2, 0.25) is 0 Å². The van der Waals surface area contributed by atoms with E-state index in [-0.39, 0.29) is 5.92 Å². The van der Waals surface area contributed by atoms with Crippen LogP contribution in [0.4, 0.5) is 0 Å². The number of carbonyl (C=O) groups excluding carboxylic acids is 2. The summed E-state index contributed by atoms with van der Waals surface area (Å²) < 4.78 is 9.71. The summed E-state index contributed by atoms with van der Waals surface area (Å²) in [7, 11) is 2.69. The number of allylic oxidation sites excluding steroid dienone is 2. The van der Waals surface area contributed by atoms with Gasteiger partial charge in [0.1, 0.15) is 0 Å². The maximum atomic E-state index is 12.0. The van der Waals surface area contributed by atoms with Gasteiger partial charge in [0.25, 0.3) is 0 Å². The number of carbonyl (C=O) groups is 2. The minimum atomic E-state index is -0.408. The lowest BCUT2D eigenvalue weighted by atomic mass is 9.80. The molecule has 0 saturated carbocycles. The SMILES string of the molecule is COC(=O)C1=C(C)NC(C)=C(C(=O)OC)C1CC(C)C. The molecule has 1 aliphatic heterocycles. The second kappa shape index (κ2) is 6.59. The smallest absolute Gasteiger partial charge is 0.336 e. The van der Waals surface area contributed by atoms with Crippen LogP contribution in [0.5, 0.6) is 0 Å². The zero-order valence-electron chi connectivity index (χ0n) is 13.0. The summed E-state index contributed by atoms with van der Waals surface area (Å²) in [5.41, 5.74) is 2.47. The Balaban J connectivity index is 3.33. The third-order valence-electron chi connectivity index (χ3n) is 3.40. The summed E-state index contributed by atoms with van der Waals surface area (Å²) in [6.45, 7) is 7.74. The highest BCUT2D eigenvalue weighted by molar-refractivity contribution is 5.97. The number of dihydropyridines is 1. The number of methoxy groups -OCH3 is 2. The van der Waals surface area contributed by atoms with Crippen LogP contribution in [0, 0.1) is 11.8 Å². The lowest BCUT2D eigenvalue weighted by Gasteiger charge is -2.30. The molecule has 0 aliphatic carbocycles. The van der Waals surface area contributed by atoms with E-state index in [9.17, 15) is 9.59 Å². The molecular weight excluding hydrogens is 258 g/mol. The van der Waals surface area contributed by atoms with Crippen molar-refractivity contribution >= 4 is 11.9 Å². The molecule has 0 atom stereocenters. The Morgan fingerprint density at radius 2 is 1.45 bits per heavy atom. The van der Waals surface area contributed by atoms with Gasteiger partial charge in [0.05, 0.1) is 25.4 Å². The van der Waals surface area contributed by atoms with Gasteiger partial charge in [-0.3, -0.25) is 0 Å². The number of nitrogens with one attached hydrogen (secondary N) is 1. The first-order valence-electron chi connectivity index (χ1n) is 6.68. The van der Waals surface area contributed by atoms with Crippen molar-refractivity contribution in [1.82, 2.24) is 5.32 Å². The Bertz CT molecular complexity index is 436. The van der Waals surface area contributed by atoms with Crippen molar-refractivity contribution in [2.24, 2.45) is 11.8 Å². The Labute approximate surface area is 120 Å². The van der Waals surface area contributed by atoms with Crippen molar-refractivity contribution in [3.63, 3.8) is 0 Å². The predicted molar refractivity (Wildman–Crippen MR) is 75.5 cm³/mol. The molecule has 0 radical (unpaired) electrons. The number of hydrogen-bond donors (Lipinski definition) is 1. The van der Waals surface area contributed by atoms with E-state index in [0.717, 1.165) is 11.4 Å². The average molecular weight is 281 g/mol. The minimum absolute atomic E-state index is 0.295. The van der Waals surface area contributed by atoms with Crippen molar-refractivity contribution in [3.8, 4) is 0 Å².